The molecule has 0 aliphatic rings. The Morgan fingerprint density at radius 2 is 2.11 bits per heavy atom. The Morgan fingerprint density at radius 1 is 1.33 bits per heavy atom. The predicted octanol–water partition coefficient (Wildman–Crippen LogP) is 1.90. The third kappa shape index (κ3) is 2.37. The summed E-state index contributed by atoms with van der Waals surface area (Å²) in [5.41, 5.74) is 2.65. The van der Waals surface area contributed by atoms with E-state index >= 15 is 0 Å². The lowest BCUT2D eigenvalue weighted by Crippen LogP contribution is -2.14. The lowest BCUT2D eigenvalue weighted by molar-refractivity contribution is 0.101. The number of nitrogens with one attached hydrogen (secondary N) is 1. The lowest BCUT2D eigenvalue weighted by atomic mass is 10.2. The molecule has 1 N–H and O–H groups in total. The Morgan fingerprint density at radius 3 is 2.61 bits per heavy atom. The van der Waals surface area contributed by atoms with Crippen LogP contribution in [0.2, 0.25) is 0 Å². The van der Waals surface area contributed by atoms with E-state index in [1.54, 1.807) is 12.1 Å². The summed E-state index contributed by atoms with van der Waals surface area (Å²) in [6.45, 7) is 5.61. The second kappa shape index (κ2) is 4.95. The van der Waals surface area contributed by atoms with Gasteiger partial charge >= 0.3 is 0 Å². The Balaban J connectivity index is 2.14. The number of carbonyl (C=O) groups excluding carboxylic acids is 1. The van der Waals surface area contributed by atoms with Gasteiger partial charge in [0.15, 0.2) is 5.69 Å². The van der Waals surface area contributed by atoms with Crippen molar-refractivity contribution in [3.63, 3.8) is 0 Å². The Bertz CT molecular complexity index is 560. The molecule has 0 radical (unpaired) electrons. The van der Waals surface area contributed by atoms with E-state index in [9.17, 15) is 4.79 Å². The molecule has 6 heteroatoms. The molecule has 0 atom stereocenters. The van der Waals surface area contributed by atoms with Crippen molar-refractivity contribution < 1.29 is 9.32 Å². The maximum absolute atomic E-state index is 11.9. The molecule has 1 amide bonds. The van der Waals surface area contributed by atoms with Crippen LogP contribution in [0.5, 0.6) is 0 Å². The van der Waals surface area contributed by atoms with E-state index in [1.165, 1.54) is 0 Å². The standard InChI is InChI=1S/C12H14N4O2/c1-4-9-5-6-10(15-14-9)11(17)13-12-7(2)8(3)16-18-12/h5-6H,4H2,1-3H3,(H,13,17). The Labute approximate surface area is 104 Å². The molecule has 18 heavy (non-hydrogen) atoms. The van der Waals surface area contributed by atoms with E-state index in [2.05, 4.69) is 20.7 Å². The van der Waals surface area contributed by atoms with Crippen LogP contribution in [0.1, 0.15) is 34.4 Å². The average Bonchev–Trinajstić information content (AvgIpc) is 2.71. The maximum atomic E-state index is 11.9. The normalized spacial score (nSPS) is 10.4. The van der Waals surface area contributed by atoms with E-state index < -0.39 is 0 Å². The minimum Gasteiger partial charge on any atom is -0.338 e. The first kappa shape index (κ1) is 12.2. The molecule has 0 fully saturated rings. The van der Waals surface area contributed by atoms with E-state index in [-0.39, 0.29) is 11.6 Å². The monoisotopic (exact) mass is 246 g/mol. The molecular formula is C12H14N4O2. The minimum atomic E-state index is -0.357. The smallest absolute Gasteiger partial charge is 0.278 e. The van der Waals surface area contributed by atoms with Crippen molar-refractivity contribution in [2.75, 3.05) is 5.32 Å². The summed E-state index contributed by atoms with van der Waals surface area (Å²) in [7, 11) is 0. The number of rotatable bonds is 3. The maximum Gasteiger partial charge on any atom is 0.278 e. The van der Waals surface area contributed by atoms with Gasteiger partial charge in [-0.05, 0) is 32.4 Å². The predicted molar refractivity (Wildman–Crippen MR) is 65.3 cm³/mol. The largest absolute Gasteiger partial charge is 0.338 e. The van der Waals surface area contributed by atoms with Gasteiger partial charge in [-0.15, -0.1) is 5.10 Å². The highest BCUT2D eigenvalue weighted by Gasteiger charge is 2.14. The molecule has 2 aromatic heterocycles. The van der Waals surface area contributed by atoms with Crippen LogP contribution in [0.25, 0.3) is 0 Å². The van der Waals surface area contributed by atoms with Crippen molar-refractivity contribution in [2.24, 2.45) is 0 Å². The third-order valence-electron chi connectivity index (χ3n) is 2.70. The van der Waals surface area contributed by atoms with Gasteiger partial charge < -0.3 is 4.52 Å². The lowest BCUT2D eigenvalue weighted by Gasteiger charge is -2.01. The van der Waals surface area contributed by atoms with Crippen LogP contribution in [0, 0.1) is 13.8 Å². The van der Waals surface area contributed by atoms with Crippen molar-refractivity contribution in [1.29, 1.82) is 0 Å². The number of aromatic nitrogens is 3. The summed E-state index contributed by atoms with van der Waals surface area (Å²) in [5.74, 6) is -0.0109. The van der Waals surface area contributed by atoms with E-state index in [0.717, 1.165) is 23.4 Å². The number of aryl methyl sites for hydroxylation is 2. The zero-order chi connectivity index (χ0) is 13.1. The van der Waals surface area contributed by atoms with Crippen LogP contribution in [0.3, 0.4) is 0 Å². The summed E-state index contributed by atoms with van der Waals surface area (Å²) in [6.07, 6.45) is 0.787. The minimum absolute atomic E-state index is 0.251. The van der Waals surface area contributed by atoms with Gasteiger partial charge in [-0.1, -0.05) is 12.1 Å². The first-order chi connectivity index (χ1) is 8.61. The van der Waals surface area contributed by atoms with Crippen LogP contribution in [0.4, 0.5) is 5.88 Å². The average molecular weight is 246 g/mol. The van der Waals surface area contributed by atoms with Gasteiger partial charge in [-0.2, -0.15) is 5.10 Å². The topological polar surface area (TPSA) is 80.9 Å². The number of amides is 1. The molecular weight excluding hydrogens is 232 g/mol. The van der Waals surface area contributed by atoms with Crippen molar-refractivity contribution in [2.45, 2.75) is 27.2 Å². The summed E-state index contributed by atoms with van der Waals surface area (Å²) in [6, 6.07) is 3.42. The molecule has 0 aliphatic heterocycles. The molecule has 0 saturated heterocycles. The zero-order valence-corrected chi connectivity index (χ0v) is 10.5. The van der Waals surface area contributed by atoms with E-state index in [1.807, 2.05) is 20.8 Å². The molecule has 0 saturated carbocycles. The molecule has 0 unspecified atom stereocenters. The van der Waals surface area contributed by atoms with Gasteiger partial charge in [-0.3, -0.25) is 10.1 Å². The van der Waals surface area contributed by atoms with Crippen LogP contribution in [-0.4, -0.2) is 21.3 Å². The fraction of sp³-hybridized carbons (Fsp3) is 0.333. The van der Waals surface area contributed by atoms with Gasteiger partial charge in [0.25, 0.3) is 5.91 Å². The second-order valence-corrected chi connectivity index (χ2v) is 3.94. The number of nitrogens with zero attached hydrogens (tertiary/aromatic N) is 3. The van der Waals surface area contributed by atoms with E-state index in [4.69, 9.17) is 4.52 Å². The fourth-order valence-electron chi connectivity index (χ4n) is 1.37. The molecule has 2 aromatic rings. The quantitative estimate of drug-likeness (QED) is 0.894. The Kier molecular flexibility index (Phi) is 3.36. The fourth-order valence-corrected chi connectivity index (χ4v) is 1.37. The number of hydrogen-bond acceptors (Lipinski definition) is 5. The first-order valence-electron chi connectivity index (χ1n) is 5.68. The molecule has 0 aromatic carbocycles. The summed E-state index contributed by atoms with van der Waals surface area (Å²) >= 11 is 0. The summed E-state index contributed by atoms with van der Waals surface area (Å²) in [4.78, 5) is 11.9. The van der Waals surface area contributed by atoms with Crippen LogP contribution in [0.15, 0.2) is 16.7 Å². The van der Waals surface area contributed by atoms with Gasteiger partial charge in [0, 0.05) is 5.56 Å². The summed E-state index contributed by atoms with van der Waals surface area (Å²) < 4.78 is 5.00. The van der Waals surface area contributed by atoms with Crippen LogP contribution >= 0.6 is 0 Å². The first-order valence-corrected chi connectivity index (χ1v) is 5.68. The van der Waals surface area contributed by atoms with Gasteiger partial charge in [0.2, 0.25) is 5.88 Å². The highest BCUT2D eigenvalue weighted by molar-refractivity contribution is 6.02. The van der Waals surface area contributed by atoms with Crippen LogP contribution in [-0.2, 0) is 6.42 Å². The van der Waals surface area contributed by atoms with Crippen molar-refractivity contribution in [1.82, 2.24) is 15.4 Å². The molecule has 0 bridgehead atoms. The second-order valence-electron chi connectivity index (χ2n) is 3.94. The molecule has 0 spiro atoms. The van der Waals surface area contributed by atoms with E-state index in [0.29, 0.717) is 5.88 Å². The molecule has 0 aliphatic carbocycles. The van der Waals surface area contributed by atoms with Gasteiger partial charge in [0.1, 0.15) is 0 Å². The summed E-state index contributed by atoms with van der Waals surface area (Å²) in [5, 5.41) is 14.2. The molecule has 6 nitrogen and oxygen atoms in total. The highest BCUT2D eigenvalue weighted by atomic mass is 16.5. The number of hydrogen-bond donors (Lipinski definition) is 1. The highest BCUT2D eigenvalue weighted by Crippen LogP contribution is 2.17. The third-order valence-corrected chi connectivity index (χ3v) is 2.70. The SMILES string of the molecule is CCc1ccc(C(=O)Nc2onc(C)c2C)nn1. The van der Waals surface area contributed by atoms with Crippen molar-refractivity contribution in [3.05, 3.63) is 34.8 Å². The van der Waals surface area contributed by atoms with Crippen molar-refractivity contribution >= 4 is 11.8 Å². The zero-order valence-electron chi connectivity index (χ0n) is 10.5. The molecule has 2 heterocycles. The van der Waals surface area contributed by atoms with Gasteiger partial charge in [0.05, 0.1) is 11.4 Å². The Hall–Kier alpha value is -2.24. The van der Waals surface area contributed by atoms with Crippen LogP contribution < -0.4 is 5.32 Å². The van der Waals surface area contributed by atoms with Crippen molar-refractivity contribution in [3.8, 4) is 0 Å². The van der Waals surface area contributed by atoms with Gasteiger partial charge in [-0.25, -0.2) is 0 Å². The molecule has 94 valence electrons. The number of carbonyl (C=O) groups is 1. The molecule has 2 rings (SSSR count). The number of anilines is 1.